The summed E-state index contributed by atoms with van der Waals surface area (Å²) in [5.41, 5.74) is 0. The Balaban J connectivity index is 0.000000845. The Morgan fingerprint density at radius 3 is 1.92 bits per heavy atom. The van der Waals surface area contributed by atoms with Gasteiger partial charge in [0.15, 0.2) is 5.79 Å². The topological polar surface area (TPSA) is 18.5 Å². The highest BCUT2D eigenvalue weighted by Crippen LogP contribution is 2.32. The van der Waals surface area contributed by atoms with Gasteiger partial charge in [0.2, 0.25) is 0 Å². The molecule has 0 radical (unpaired) electrons. The molecule has 0 unspecified atom stereocenters. The van der Waals surface area contributed by atoms with Crippen molar-refractivity contribution in [1.29, 1.82) is 0 Å². The molecule has 13 heavy (non-hydrogen) atoms. The van der Waals surface area contributed by atoms with E-state index in [0.29, 0.717) is 0 Å². The van der Waals surface area contributed by atoms with Gasteiger partial charge in [-0.05, 0) is 0 Å². The summed E-state index contributed by atoms with van der Waals surface area (Å²) in [4.78, 5) is 0. The lowest BCUT2D eigenvalue weighted by Gasteiger charge is -2.41. The fourth-order valence-corrected chi connectivity index (χ4v) is 1.97. The summed E-state index contributed by atoms with van der Waals surface area (Å²) in [5, 5.41) is 0. The van der Waals surface area contributed by atoms with Crippen molar-refractivity contribution in [1.82, 2.24) is 0 Å². The Hall–Kier alpha value is 0.610. The molecule has 2 heterocycles. The minimum atomic E-state index is -0.187. The maximum Gasteiger partial charge on any atom is 0.179 e. The molecule has 0 aliphatic carbocycles. The third-order valence-electron chi connectivity index (χ3n) is 3.01. The first-order chi connectivity index (χ1) is 5.62. The van der Waals surface area contributed by atoms with E-state index in [4.69, 9.17) is 9.47 Å². The monoisotopic (exact) mass is 299 g/mol. The molecular formula is C9H18INO2. The fraction of sp³-hybridized carbons (Fsp3) is 1.00. The van der Waals surface area contributed by atoms with Gasteiger partial charge in [0, 0.05) is 0 Å². The number of piperidine rings is 1. The van der Waals surface area contributed by atoms with E-state index in [1.54, 1.807) is 0 Å². The first-order valence-electron chi connectivity index (χ1n) is 4.72. The first-order valence-corrected chi connectivity index (χ1v) is 4.72. The lowest BCUT2D eigenvalue weighted by molar-refractivity contribution is -0.898. The van der Waals surface area contributed by atoms with Crippen molar-refractivity contribution in [2.75, 3.05) is 40.4 Å². The second-order valence-corrected chi connectivity index (χ2v) is 4.49. The van der Waals surface area contributed by atoms with Crippen LogP contribution in [0.15, 0.2) is 0 Å². The van der Waals surface area contributed by atoms with Gasteiger partial charge in [-0.15, -0.1) is 0 Å². The predicted molar refractivity (Wildman–Crippen MR) is 45.7 cm³/mol. The van der Waals surface area contributed by atoms with Crippen LogP contribution in [0.3, 0.4) is 0 Å². The zero-order valence-corrected chi connectivity index (χ0v) is 10.5. The predicted octanol–water partition coefficient (Wildman–Crippen LogP) is -2.40. The number of halogens is 1. The standard InChI is InChI=1S/C9H18NO2.HI/c1-10(2)5-3-9(4-6-10)11-7-8-12-9;/h3-8H2,1-2H3;1H/q+1;/p-1. The molecule has 2 rings (SSSR count). The van der Waals surface area contributed by atoms with Crippen LogP contribution in [0.2, 0.25) is 0 Å². The smallest absolute Gasteiger partial charge is 0.179 e. The Morgan fingerprint density at radius 2 is 1.46 bits per heavy atom. The molecule has 78 valence electrons. The molecule has 0 bridgehead atoms. The average molecular weight is 299 g/mol. The second kappa shape index (κ2) is 4.00. The van der Waals surface area contributed by atoms with Crippen molar-refractivity contribution in [3.05, 3.63) is 0 Å². The van der Waals surface area contributed by atoms with Gasteiger partial charge < -0.3 is 37.9 Å². The van der Waals surface area contributed by atoms with Crippen molar-refractivity contribution >= 4 is 0 Å². The van der Waals surface area contributed by atoms with Crippen LogP contribution in [0.4, 0.5) is 0 Å². The fourth-order valence-electron chi connectivity index (χ4n) is 1.97. The third-order valence-corrected chi connectivity index (χ3v) is 3.01. The number of likely N-dealkylation sites (tertiary alicyclic amines) is 1. The maximum absolute atomic E-state index is 5.64. The summed E-state index contributed by atoms with van der Waals surface area (Å²) in [5.74, 6) is -0.187. The van der Waals surface area contributed by atoms with Gasteiger partial charge in [-0.3, -0.25) is 0 Å². The van der Waals surface area contributed by atoms with Crippen LogP contribution in [0.5, 0.6) is 0 Å². The molecule has 1 spiro atoms. The molecular weight excluding hydrogens is 281 g/mol. The zero-order chi connectivity index (χ0) is 8.66. The number of rotatable bonds is 0. The number of hydrogen-bond donors (Lipinski definition) is 0. The molecule has 4 heteroatoms. The summed E-state index contributed by atoms with van der Waals surface area (Å²) >= 11 is 0. The van der Waals surface area contributed by atoms with Crippen molar-refractivity contribution < 1.29 is 37.9 Å². The first kappa shape index (κ1) is 11.7. The lowest BCUT2D eigenvalue weighted by atomic mass is 10.0. The Morgan fingerprint density at radius 1 is 1.00 bits per heavy atom. The van der Waals surface area contributed by atoms with Crippen LogP contribution in [0.1, 0.15) is 12.8 Å². The lowest BCUT2D eigenvalue weighted by Crippen LogP contribution is -3.00. The summed E-state index contributed by atoms with van der Waals surface area (Å²) in [6.45, 7) is 3.90. The molecule has 0 aromatic carbocycles. The molecule has 0 N–H and O–H groups in total. The minimum Gasteiger partial charge on any atom is -1.00 e. The second-order valence-electron chi connectivity index (χ2n) is 4.49. The van der Waals surface area contributed by atoms with Gasteiger partial charge in [-0.25, -0.2) is 0 Å². The number of quaternary nitrogens is 1. The van der Waals surface area contributed by atoms with Gasteiger partial charge in [0.1, 0.15) is 0 Å². The van der Waals surface area contributed by atoms with Gasteiger partial charge in [-0.1, -0.05) is 0 Å². The number of hydrogen-bond acceptors (Lipinski definition) is 2. The molecule has 2 saturated heterocycles. The highest BCUT2D eigenvalue weighted by Gasteiger charge is 2.43. The molecule has 0 saturated carbocycles. The Labute approximate surface area is 97.0 Å². The molecule has 0 aromatic rings. The van der Waals surface area contributed by atoms with Gasteiger partial charge in [0.05, 0.1) is 53.2 Å². The minimum absolute atomic E-state index is 0. The maximum atomic E-state index is 5.64. The van der Waals surface area contributed by atoms with E-state index < -0.39 is 0 Å². The van der Waals surface area contributed by atoms with E-state index in [-0.39, 0.29) is 29.8 Å². The van der Waals surface area contributed by atoms with E-state index in [9.17, 15) is 0 Å². The van der Waals surface area contributed by atoms with E-state index in [2.05, 4.69) is 14.1 Å². The summed E-state index contributed by atoms with van der Waals surface area (Å²) in [6.07, 6.45) is 2.11. The van der Waals surface area contributed by atoms with E-state index in [1.165, 1.54) is 13.1 Å². The summed E-state index contributed by atoms with van der Waals surface area (Å²) in [6, 6.07) is 0. The Kier molecular flexibility index (Phi) is 3.60. The van der Waals surface area contributed by atoms with Crippen LogP contribution >= 0.6 is 0 Å². The summed E-state index contributed by atoms with van der Waals surface area (Å²) in [7, 11) is 4.53. The number of nitrogens with zero attached hydrogens (tertiary/aromatic N) is 1. The average Bonchev–Trinajstić information content (AvgIpc) is 2.46. The molecule has 3 nitrogen and oxygen atoms in total. The Bertz CT molecular complexity index is 166. The normalized spacial score (nSPS) is 30.0. The van der Waals surface area contributed by atoms with Crippen LogP contribution in [-0.2, 0) is 9.47 Å². The largest absolute Gasteiger partial charge is 1.00 e. The SMILES string of the molecule is C[N+]1(C)CCC2(CC1)OCCO2.[I-]. The molecule has 2 aliphatic heterocycles. The third kappa shape index (κ3) is 2.55. The van der Waals surface area contributed by atoms with Gasteiger partial charge in [-0.2, -0.15) is 0 Å². The van der Waals surface area contributed by atoms with Crippen molar-refractivity contribution in [2.45, 2.75) is 18.6 Å². The van der Waals surface area contributed by atoms with E-state index in [0.717, 1.165) is 30.5 Å². The highest BCUT2D eigenvalue weighted by atomic mass is 127. The quantitative estimate of drug-likeness (QED) is 0.367. The summed E-state index contributed by atoms with van der Waals surface area (Å²) < 4.78 is 12.4. The van der Waals surface area contributed by atoms with E-state index in [1.807, 2.05) is 0 Å². The van der Waals surface area contributed by atoms with Crippen molar-refractivity contribution in [3.63, 3.8) is 0 Å². The van der Waals surface area contributed by atoms with Crippen molar-refractivity contribution in [3.8, 4) is 0 Å². The zero-order valence-electron chi connectivity index (χ0n) is 8.38. The van der Waals surface area contributed by atoms with Gasteiger partial charge >= 0.3 is 0 Å². The molecule has 2 fully saturated rings. The van der Waals surface area contributed by atoms with E-state index >= 15 is 0 Å². The number of ether oxygens (including phenoxy) is 2. The van der Waals surface area contributed by atoms with Crippen LogP contribution < -0.4 is 24.0 Å². The molecule has 0 aromatic heterocycles. The van der Waals surface area contributed by atoms with Crippen LogP contribution in [-0.4, -0.2) is 50.7 Å². The van der Waals surface area contributed by atoms with Crippen molar-refractivity contribution in [2.24, 2.45) is 0 Å². The highest BCUT2D eigenvalue weighted by molar-refractivity contribution is 4.77. The molecule has 0 atom stereocenters. The van der Waals surface area contributed by atoms with Crippen LogP contribution in [0, 0.1) is 0 Å². The molecule has 0 amide bonds. The van der Waals surface area contributed by atoms with Gasteiger partial charge in [0.25, 0.3) is 0 Å². The molecule has 2 aliphatic rings. The van der Waals surface area contributed by atoms with Crippen LogP contribution in [0.25, 0.3) is 0 Å².